The lowest BCUT2D eigenvalue weighted by Crippen LogP contribution is -2.16. The smallest absolute Gasteiger partial charge is 0.262 e. The third-order valence-corrected chi connectivity index (χ3v) is 4.82. The SMILES string of the molecule is O=c1[nH]c(=S)n(-c2ccc(Oc3ccccc3)cc2)c(O)c1C=C1N=C(Cl)N=C1Cl. The minimum absolute atomic E-state index is 0.00946. The summed E-state index contributed by atoms with van der Waals surface area (Å²) in [6.07, 6.45) is 1.29. The fraction of sp³-hybridized carbons (Fsp3) is 0. The Morgan fingerprint density at radius 1 is 1.03 bits per heavy atom. The van der Waals surface area contributed by atoms with E-state index in [1.807, 2.05) is 30.3 Å². The maximum Gasteiger partial charge on any atom is 0.262 e. The molecule has 3 aromatic rings. The fourth-order valence-electron chi connectivity index (χ4n) is 2.73. The van der Waals surface area contributed by atoms with Crippen LogP contribution in [0.5, 0.6) is 17.4 Å². The number of aromatic nitrogens is 2. The third kappa shape index (κ3) is 4.06. The molecule has 7 nitrogen and oxygen atoms in total. The second kappa shape index (κ2) is 8.27. The first-order valence-electron chi connectivity index (χ1n) is 8.54. The van der Waals surface area contributed by atoms with Crippen LogP contribution in [0.4, 0.5) is 0 Å². The van der Waals surface area contributed by atoms with E-state index in [1.165, 1.54) is 10.6 Å². The summed E-state index contributed by atoms with van der Waals surface area (Å²) >= 11 is 16.9. The predicted octanol–water partition coefficient (Wildman–Crippen LogP) is 4.98. The Balaban J connectivity index is 1.73. The minimum Gasteiger partial charge on any atom is -0.494 e. The zero-order chi connectivity index (χ0) is 21.3. The lowest BCUT2D eigenvalue weighted by Gasteiger charge is -2.12. The summed E-state index contributed by atoms with van der Waals surface area (Å²) in [6, 6.07) is 16.1. The first kappa shape index (κ1) is 20.1. The molecule has 0 fully saturated rings. The molecule has 0 atom stereocenters. The maximum absolute atomic E-state index is 12.4. The van der Waals surface area contributed by atoms with Crippen molar-refractivity contribution < 1.29 is 9.84 Å². The normalized spacial score (nSPS) is 14.5. The Morgan fingerprint density at radius 3 is 2.33 bits per heavy atom. The van der Waals surface area contributed by atoms with Crippen molar-refractivity contribution in [2.75, 3.05) is 0 Å². The molecule has 1 aliphatic heterocycles. The van der Waals surface area contributed by atoms with Gasteiger partial charge in [0.15, 0.2) is 9.94 Å². The molecule has 30 heavy (non-hydrogen) atoms. The summed E-state index contributed by atoms with van der Waals surface area (Å²) in [5.41, 5.74) is -0.0288. The number of nitrogens with one attached hydrogen (secondary N) is 1. The average molecular weight is 459 g/mol. The molecule has 10 heteroatoms. The maximum atomic E-state index is 12.4. The molecule has 150 valence electrons. The van der Waals surface area contributed by atoms with Gasteiger partial charge in [-0.15, -0.1) is 0 Å². The van der Waals surface area contributed by atoms with Gasteiger partial charge in [-0.25, -0.2) is 9.98 Å². The fourth-order valence-corrected chi connectivity index (χ4v) is 3.41. The van der Waals surface area contributed by atoms with Crippen molar-refractivity contribution in [3.8, 4) is 23.1 Å². The van der Waals surface area contributed by atoms with E-state index in [0.29, 0.717) is 17.2 Å². The van der Waals surface area contributed by atoms with Crippen LogP contribution in [-0.4, -0.2) is 25.1 Å². The first-order valence-corrected chi connectivity index (χ1v) is 9.71. The van der Waals surface area contributed by atoms with Crippen LogP contribution in [0.25, 0.3) is 11.8 Å². The van der Waals surface area contributed by atoms with Gasteiger partial charge in [0.1, 0.15) is 22.8 Å². The molecule has 0 radical (unpaired) electrons. The summed E-state index contributed by atoms with van der Waals surface area (Å²) in [6.45, 7) is 0. The van der Waals surface area contributed by atoms with E-state index in [4.69, 9.17) is 40.2 Å². The van der Waals surface area contributed by atoms with Crippen LogP contribution >= 0.6 is 35.4 Å². The van der Waals surface area contributed by atoms with Gasteiger partial charge in [0.2, 0.25) is 11.2 Å². The number of aliphatic imine (C=N–C) groups is 2. The quantitative estimate of drug-likeness (QED) is 0.425. The van der Waals surface area contributed by atoms with E-state index in [9.17, 15) is 9.90 Å². The Hall–Kier alpha value is -3.20. The summed E-state index contributed by atoms with van der Waals surface area (Å²) in [5.74, 6) is 0.910. The van der Waals surface area contributed by atoms with Crippen LogP contribution in [-0.2, 0) is 0 Å². The number of hydrogen-bond donors (Lipinski definition) is 2. The Kier molecular flexibility index (Phi) is 5.54. The highest BCUT2D eigenvalue weighted by Gasteiger charge is 2.18. The van der Waals surface area contributed by atoms with Crippen molar-refractivity contribution in [3.63, 3.8) is 0 Å². The highest BCUT2D eigenvalue weighted by molar-refractivity contribution is 7.71. The first-order chi connectivity index (χ1) is 14.4. The zero-order valence-corrected chi connectivity index (χ0v) is 17.4. The Bertz CT molecular complexity index is 1330. The molecular weight excluding hydrogens is 447 g/mol. The largest absolute Gasteiger partial charge is 0.494 e. The molecular formula is C20H12Cl2N4O3S. The Labute approximate surface area is 185 Å². The number of H-pyrrole nitrogens is 1. The number of ether oxygens (including phenoxy) is 1. The number of hydrogen-bond acceptors (Lipinski definition) is 6. The predicted molar refractivity (Wildman–Crippen MR) is 120 cm³/mol. The summed E-state index contributed by atoms with van der Waals surface area (Å²) in [7, 11) is 0. The van der Waals surface area contributed by atoms with E-state index >= 15 is 0 Å². The molecule has 0 unspecified atom stereocenters. The monoisotopic (exact) mass is 458 g/mol. The minimum atomic E-state index is -0.604. The molecule has 4 rings (SSSR count). The number of rotatable bonds is 4. The van der Waals surface area contributed by atoms with Crippen molar-refractivity contribution in [1.82, 2.24) is 9.55 Å². The van der Waals surface area contributed by atoms with Gasteiger partial charge in [0.05, 0.1) is 5.69 Å². The second-order valence-corrected chi connectivity index (χ2v) is 7.14. The molecule has 0 aliphatic carbocycles. The standard InChI is InChI=1S/C20H12Cl2N4O3S/c21-16-15(23-19(22)24-16)10-14-17(27)25-20(30)26(18(14)28)11-6-8-13(9-7-11)29-12-4-2-1-3-5-12/h1-10,28H,(H,25,27,30). The van der Waals surface area contributed by atoms with Crippen LogP contribution < -0.4 is 10.3 Å². The molecule has 1 aliphatic rings. The number of amidine groups is 1. The van der Waals surface area contributed by atoms with Crippen molar-refractivity contribution >= 4 is 52.0 Å². The van der Waals surface area contributed by atoms with Gasteiger partial charge in [-0.3, -0.25) is 14.3 Å². The summed E-state index contributed by atoms with van der Waals surface area (Å²) < 4.78 is 7.09. The molecule has 0 saturated carbocycles. The van der Waals surface area contributed by atoms with Crippen LogP contribution in [0.1, 0.15) is 5.56 Å². The summed E-state index contributed by atoms with van der Waals surface area (Å²) in [5, 5.41) is 10.7. The number of para-hydroxylation sites is 1. The van der Waals surface area contributed by atoms with Crippen LogP contribution in [0.15, 0.2) is 75.1 Å². The van der Waals surface area contributed by atoms with E-state index in [-0.39, 0.29) is 32.4 Å². The van der Waals surface area contributed by atoms with Gasteiger partial charge in [-0.2, -0.15) is 0 Å². The van der Waals surface area contributed by atoms with Gasteiger partial charge in [-0.05, 0) is 66.3 Å². The lowest BCUT2D eigenvalue weighted by atomic mass is 10.2. The lowest BCUT2D eigenvalue weighted by molar-refractivity contribution is 0.431. The van der Waals surface area contributed by atoms with Gasteiger partial charge < -0.3 is 9.84 Å². The number of benzene rings is 2. The van der Waals surface area contributed by atoms with E-state index in [1.54, 1.807) is 24.3 Å². The second-order valence-electron chi connectivity index (χ2n) is 6.05. The summed E-state index contributed by atoms with van der Waals surface area (Å²) in [4.78, 5) is 22.6. The van der Waals surface area contributed by atoms with Crippen molar-refractivity contribution in [2.45, 2.75) is 0 Å². The van der Waals surface area contributed by atoms with E-state index in [2.05, 4.69) is 15.0 Å². The van der Waals surface area contributed by atoms with Crippen LogP contribution in [0.3, 0.4) is 0 Å². The number of allylic oxidation sites excluding steroid dienone is 1. The molecule has 2 aromatic carbocycles. The number of nitrogens with zero attached hydrogens (tertiary/aromatic N) is 3. The van der Waals surface area contributed by atoms with Crippen LogP contribution in [0.2, 0.25) is 0 Å². The van der Waals surface area contributed by atoms with Gasteiger partial charge >= 0.3 is 0 Å². The van der Waals surface area contributed by atoms with E-state index < -0.39 is 5.56 Å². The van der Waals surface area contributed by atoms with Gasteiger partial charge in [0, 0.05) is 0 Å². The number of aromatic amines is 1. The highest BCUT2D eigenvalue weighted by Crippen LogP contribution is 2.27. The van der Waals surface area contributed by atoms with Crippen molar-refractivity contribution in [2.24, 2.45) is 9.98 Å². The molecule has 2 heterocycles. The molecule has 0 amide bonds. The third-order valence-electron chi connectivity index (χ3n) is 4.09. The molecule has 2 N–H and O–H groups in total. The zero-order valence-electron chi connectivity index (χ0n) is 15.0. The highest BCUT2D eigenvalue weighted by atomic mass is 35.5. The van der Waals surface area contributed by atoms with Gasteiger partial charge in [-0.1, -0.05) is 29.8 Å². The Morgan fingerprint density at radius 2 is 1.70 bits per heavy atom. The average Bonchev–Trinajstić information content (AvgIpc) is 3.04. The van der Waals surface area contributed by atoms with E-state index in [0.717, 1.165) is 0 Å². The van der Waals surface area contributed by atoms with Crippen molar-refractivity contribution in [1.29, 1.82) is 0 Å². The molecule has 0 bridgehead atoms. The van der Waals surface area contributed by atoms with Crippen LogP contribution in [0, 0.1) is 4.77 Å². The number of halogens is 2. The van der Waals surface area contributed by atoms with Crippen molar-refractivity contribution in [3.05, 3.63) is 81.0 Å². The molecule has 1 aromatic heterocycles. The number of aromatic hydroxyl groups is 1. The van der Waals surface area contributed by atoms with Gasteiger partial charge in [0.25, 0.3) is 5.56 Å². The molecule has 0 spiro atoms. The topological polar surface area (TPSA) is 92.0 Å². The molecule has 0 saturated heterocycles.